The van der Waals surface area contributed by atoms with Crippen LogP contribution in [0.1, 0.15) is 16.2 Å². The number of carbonyl (C=O) groups is 1. The van der Waals surface area contributed by atoms with Gasteiger partial charge in [-0.3, -0.25) is 4.79 Å². The van der Waals surface area contributed by atoms with Crippen LogP contribution < -0.4 is 15.5 Å². The van der Waals surface area contributed by atoms with Crippen molar-refractivity contribution in [1.82, 2.24) is 15.1 Å². The summed E-state index contributed by atoms with van der Waals surface area (Å²) in [6, 6.07) is 20.4. The lowest BCUT2D eigenvalue weighted by Gasteiger charge is -2.28. The molecule has 34 heavy (non-hydrogen) atoms. The highest BCUT2D eigenvalue weighted by molar-refractivity contribution is 6.03. The second-order valence-corrected chi connectivity index (χ2v) is 7.89. The van der Waals surface area contributed by atoms with Crippen molar-refractivity contribution in [2.24, 2.45) is 0 Å². The van der Waals surface area contributed by atoms with E-state index < -0.39 is 0 Å². The van der Waals surface area contributed by atoms with Gasteiger partial charge in [0.1, 0.15) is 5.82 Å². The Hall–Kier alpha value is -4.24. The monoisotopic (exact) mass is 456 g/mol. The van der Waals surface area contributed by atoms with Gasteiger partial charge in [-0.25, -0.2) is 4.98 Å². The molecule has 3 heterocycles. The third kappa shape index (κ3) is 5.05. The molecule has 9 nitrogen and oxygen atoms in total. The summed E-state index contributed by atoms with van der Waals surface area (Å²) >= 11 is 0. The van der Waals surface area contributed by atoms with Gasteiger partial charge in [0.05, 0.1) is 13.2 Å². The van der Waals surface area contributed by atoms with Crippen LogP contribution in [0.5, 0.6) is 0 Å². The zero-order chi connectivity index (χ0) is 23.3. The number of anilines is 4. The summed E-state index contributed by atoms with van der Waals surface area (Å²) in [6.45, 7) is 4.95. The Kier molecular flexibility index (Phi) is 6.17. The second-order valence-electron chi connectivity index (χ2n) is 7.89. The van der Waals surface area contributed by atoms with Crippen LogP contribution in [0.3, 0.4) is 0 Å². The smallest absolute Gasteiger partial charge is 0.277 e. The predicted molar refractivity (Wildman–Crippen MR) is 129 cm³/mol. The first-order valence-corrected chi connectivity index (χ1v) is 11.0. The van der Waals surface area contributed by atoms with E-state index in [1.165, 1.54) is 0 Å². The molecule has 1 amide bonds. The van der Waals surface area contributed by atoms with E-state index in [0.717, 1.165) is 35.9 Å². The molecule has 1 fully saturated rings. The van der Waals surface area contributed by atoms with Crippen molar-refractivity contribution in [2.75, 3.05) is 41.8 Å². The molecule has 0 spiro atoms. The molecule has 4 aromatic rings. The molecule has 0 unspecified atom stereocenters. The molecule has 0 aliphatic carbocycles. The number of hydrogen-bond donors (Lipinski definition) is 2. The van der Waals surface area contributed by atoms with Crippen molar-refractivity contribution in [3.8, 4) is 11.3 Å². The van der Waals surface area contributed by atoms with Crippen molar-refractivity contribution >= 4 is 29.0 Å². The zero-order valence-corrected chi connectivity index (χ0v) is 18.7. The van der Waals surface area contributed by atoms with Gasteiger partial charge in [0, 0.05) is 47.9 Å². The second kappa shape index (κ2) is 9.72. The Balaban J connectivity index is 1.23. The summed E-state index contributed by atoms with van der Waals surface area (Å²) in [4.78, 5) is 23.9. The predicted octanol–water partition coefficient (Wildman–Crippen LogP) is 4.27. The summed E-state index contributed by atoms with van der Waals surface area (Å²) in [5.74, 6) is 1.60. The average molecular weight is 457 g/mol. The van der Waals surface area contributed by atoms with Gasteiger partial charge in [-0.2, -0.15) is 4.98 Å². The molecule has 0 bridgehead atoms. The average Bonchev–Trinajstić information content (AvgIpc) is 3.37. The van der Waals surface area contributed by atoms with E-state index in [2.05, 4.69) is 30.7 Å². The maximum Gasteiger partial charge on any atom is 0.277 e. The minimum Gasteiger partial charge on any atom is -0.378 e. The minimum atomic E-state index is -0.344. The summed E-state index contributed by atoms with van der Waals surface area (Å²) in [6.07, 6.45) is 0. The maximum atomic E-state index is 12.6. The summed E-state index contributed by atoms with van der Waals surface area (Å²) in [5, 5.41) is 9.96. The van der Waals surface area contributed by atoms with E-state index in [0.29, 0.717) is 30.6 Å². The van der Waals surface area contributed by atoms with Gasteiger partial charge in [0.15, 0.2) is 11.5 Å². The van der Waals surface area contributed by atoms with Crippen molar-refractivity contribution in [2.45, 2.75) is 6.92 Å². The van der Waals surface area contributed by atoms with E-state index >= 15 is 0 Å². The molecule has 1 saturated heterocycles. The fourth-order valence-corrected chi connectivity index (χ4v) is 3.64. The molecule has 172 valence electrons. The molecular formula is C25H24N6O3. The van der Waals surface area contributed by atoms with E-state index in [1.807, 2.05) is 55.5 Å². The Morgan fingerprint density at radius 2 is 1.68 bits per heavy atom. The van der Waals surface area contributed by atoms with E-state index in [1.54, 1.807) is 18.2 Å². The quantitative estimate of drug-likeness (QED) is 0.443. The number of aryl methyl sites for hydroxylation is 1. The van der Waals surface area contributed by atoms with Gasteiger partial charge < -0.3 is 24.8 Å². The van der Waals surface area contributed by atoms with Crippen LogP contribution >= 0.6 is 0 Å². The highest BCUT2D eigenvalue weighted by atomic mass is 16.5. The molecule has 5 rings (SSSR count). The first-order chi connectivity index (χ1) is 16.6. The van der Waals surface area contributed by atoms with E-state index in [9.17, 15) is 4.79 Å². The molecule has 2 N–H and O–H groups in total. The van der Waals surface area contributed by atoms with Crippen molar-refractivity contribution in [3.05, 3.63) is 78.1 Å². The van der Waals surface area contributed by atoms with Crippen LogP contribution in [0.15, 0.2) is 71.3 Å². The third-order valence-corrected chi connectivity index (χ3v) is 5.38. The van der Waals surface area contributed by atoms with E-state index in [-0.39, 0.29) is 11.6 Å². The minimum absolute atomic E-state index is 0.213. The highest BCUT2D eigenvalue weighted by Crippen LogP contribution is 2.22. The number of hydrogen-bond acceptors (Lipinski definition) is 8. The van der Waals surface area contributed by atoms with Crippen LogP contribution in [0, 0.1) is 6.92 Å². The normalized spacial score (nSPS) is 13.5. The molecule has 2 aromatic carbocycles. The lowest BCUT2D eigenvalue weighted by molar-refractivity contribution is 0.101. The van der Waals surface area contributed by atoms with E-state index in [4.69, 9.17) is 9.26 Å². The van der Waals surface area contributed by atoms with Crippen LogP contribution in [-0.2, 0) is 4.74 Å². The standard InChI is InChI=1S/C25H24N6O3/c1-17-15-23(31-11-13-33-14-12-31)29-25(26-17)28-20-9-7-19(8-10-20)27-24(32)21-16-22(34-30-21)18-5-3-2-4-6-18/h2-10,15-16H,11-14H2,1H3,(H,27,32)(H,26,28,29). The number of morpholine rings is 1. The molecule has 0 saturated carbocycles. The molecule has 1 aliphatic heterocycles. The number of rotatable bonds is 6. The first-order valence-electron chi connectivity index (χ1n) is 11.0. The fourth-order valence-electron chi connectivity index (χ4n) is 3.64. The van der Waals surface area contributed by atoms with Gasteiger partial charge in [0.25, 0.3) is 5.91 Å². The highest BCUT2D eigenvalue weighted by Gasteiger charge is 2.15. The number of carbonyl (C=O) groups excluding carboxylic acids is 1. The van der Waals surface area contributed by atoms with Gasteiger partial charge >= 0.3 is 0 Å². The lowest BCUT2D eigenvalue weighted by Crippen LogP contribution is -2.36. The maximum absolute atomic E-state index is 12.6. The van der Waals surface area contributed by atoms with Crippen molar-refractivity contribution in [1.29, 1.82) is 0 Å². The SMILES string of the molecule is Cc1cc(N2CCOCC2)nc(Nc2ccc(NC(=O)c3cc(-c4ccccc4)on3)cc2)n1. The number of benzene rings is 2. The number of aromatic nitrogens is 3. The van der Waals surface area contributed by atoms with Crippen LogP contribution in [-0.4, -0.2) is 47.3 Å². The third-order valence-electron chi connectivity index (χ3n) is 5.38. The summed E-state index contributed by atoms with van der Waals surface area (Å²) < 4.78 is 10.7. The lowest BCUT2D eigenvalue weighted by atomic mass is 10.1. The molecule has 9 heteroatoms. The topological polar surface area (TPSA) is 105 Å². The molecule has 1 aliphatic rings. The summed E-state index contributed by atoms with van der Waals surface area (Å²) in [5.41, 5.74) is 3.40. The van der Waals surface area contributed by atoms with Gasteiger partial charge in [0.2, 0.25) is 5.95 Å². The Labute approximate surface area is 196 Å². The van der Waals surface area contributed by atoms with Crippen molar-refractivity contribution in [3.63, 3.8) is 0 Å². The van der Waals surface area contributed by atoms with Crippen LogP contribution in [0.4, 0.5) is 23.1 Å². The largest absolute Gasteiger partial charge is 0.378 e. The number of ether oxygens (including phenoxy) is 1. The number of nitrogens with zero attached hydrogens (tertiary/aromatic N) is 4. The number of amides is 1. The van der Waals surface area contributed by atoms with Crippen LogP contribution in [0.2, 0.25) is 0 Å². The first kappa shape index (κ1) is 21.6. The van der Waals surface area contributed by atoms with Crippen molar-refractivity contribution < 1.29 is 14.1 Å². The molecular weight excluding hydrogens is 432 g/mol. The zero-order valence-electron chi connectivity index (χ0n) is 18.7. The summed E-state index contributed by atoms with van der Waals surface area (Å²) in [7, 11) is 0. The molecule has 0 radical (unpaired) electrons. The Morgan fingerprint density at radius 3 is 2.44 bits per heavy atom. The van der Waals surface area contributed by atoms with Gasteiger partial charge in [-0.05, 0) is 31.2 Å². The van der Waals surface area contributed by atoms with Gasteiger partial charge in [-0.15, -0.1) is 0 Å². The van der Waals surface area contributed by atoms with Crippen LogP contribution in [0.25, 0.3) is 11.3 Å². The molecule has 2 aromatic heterocycles. The van der Waals surface area contributed by atoms with Gasteiger partial charge in [-0.1, -0.05) is 35.5 Å². The Bertz CT molecular complexity index is 1270. The Morgan fingerprint density at radius 1 is 0.941 bits per heavy atom. The number of nitrogens with one attached hydrogen (secondary N) is 2. The fraction of sp³-hybridized carbons (Fsp3) is 0.200. The molecule has 0 atom stereocenters.